The molecule has 4 heteroatoms. The second-order valence-electron chi connectivity index (χ2n) is 4.57. The molecule has 1 N–H and O–H groups in total. The predicted molar refractivity (Wildman–Crippen MR) is 68.3 cm³/mol. The molecule has 1 aromatic rings. The average molecular weight is 299 g/mol. The second-order valence-corrected chi connectivity index (χ2v) is 5.49. The Bertz CT molecular complexity index is 438. The summed E-state index contributed by atoms with van der Waals surface area (Å²) in [6, 6.07) is 5.71. The maximum atomic E-state index is 11.3. The summed E-state index contributed by atoms with van der Waals surface area (Å²) in [6.45, 7) is 0. The summed E-state index contributed by atoms with van der Waals surface area (Å²) >= 11 is 3.41. The van der Waals surface area contributed by atoms with Crippen molar-refractivity contribution in [1.29, 1.82) is 0 Å². The van der Waals surface area contributed by atoms with Crippen LogP contribution in [0.4, 0.5) is 0 Å². The highest BCUT2D eigenvalue weighted by Crippen LogP contribution is 2.45. The molecule has 0 heterocycles. The lowest BCUT2D eigenvalue weighted by atomic mass is 9.65. The van der Waals surface area contributed by atoms with Gasteiger partial charge in [0.25, 0.3) is 0 Å². The average Bonchev–Trinajstić information content (AvgIpc) is 2.23. The minimum absolute atomic E-state index is 0.547. The molecule has 0 atom stereocenters. The molecule has 0 saturated heterocycles. The van der Waals surface area contributed by atoms with Crippen LogP contribution in [0.5, 0.6) is 5.75 Å². The van der Waals surface area contributed by atoms with Crippen molar-refractivity contribution in [2.24, 2.45) is 5.41 Å². The minimum atomic E-state index is -0.689. The van der Waals surface area contributed by atoms with Crippen LogP contribution in [0.2, 0.25) is 0 Å². The largest absolute Gasteiger partial charge is 0.496 e. The van der Waals surface area contributed by atoms with Gasteiger partial charge in [-0.2, -0.15) is 0 Å². The Morgan fingerprint density at radius 1 is 1.53 bits per heavy atom. The summed E-state index contributed by atoms with van der Waals surface area (Å²) in [6.07, 6.45) is 3.07. The molecule has 1 saturated carbocycles. The van der Waals surface area contributed by atoms with Gasteiger partial charge in [-0.05, 0) is 43.0 Å². The normalized spacial score (nSPS) is 17.3. The molecule has 0 aliphatic heterocycles. The molecule has 1 aliphatic rings. The van der Waals surface area contributed by atoms with Gasteiger partial charge in [0.05, 0.1) is 12.5 Å². The van der Waals surface area contributed by atoms with Crippen molar-refractivity contribution >= 4 is 21.9 Å². The van der Waals surface area contributed by atoms with Crippen LogP contribution in [-0.4, -0.2) is 18.2 Å². The second kappa shape index (κ2) is 4.69. The van der Waals surface area contributed by atoms with E-state index >= 15 is 0 Å². The molecule has 0 spiro atoms. The van der Waals surface area contributed by atoms with E-state index < -0.39 is 11.4 Å². The number of hydrogen-bond donors (Lipinski definition) is 1. The van der Waals surface area contributed by atoms with Crippen molar-refractivity contribution in [2.75, 3.05) is 7.11 Å². The number of ether oxygens (including phenoxy) is 1. The Labute approximate surface area is 109 Å². The molecular weight excluding hydrogens is 284 g/mol. The molecule has 92 valence electrons. The van der Waals surface area contributed by atoms with E-state index in [-0.39, 0.29) is 0 Å². The Hall–Kier alpha value is -1.03. The SMILES string of the molecule is COc1ccc(Br)cc1CC1(C(=O)O)CCC1. The van der Waals surface area contributed by atoms with Gasteiger partial charge in [-0.1, -0.05) is 22.4 Å². The van der Waals surface area contributed by atoms with Crippen LogP contribution in [0.25, 0.3) is 0 Å². The van der Waals surface area contributed by atoms with E-state index in [0.717, 1.165) is 35.0 Å². The fourth-order valence-corrected chi connectivity index (χ4v) is 2.73. The van der Waals surface area contributed by atoms with Gasteiger partial charge in [-0.25, -0.2) is 0 Å². The summed E-state index contributed by atoms with van der Waals surface area (Å²) in [7, 11) is 1.61. The van der Waals surface area contributed by atoms with Crippen LogP contribution in [0.15, 0.2) is 22.7 Å². The van der Waals surface area contributed by atoms with E-state index in [9.17, 15) is 9.90 Å². The number of halogens is 1. The first kappa shape index (κ1) is 12.4. The van der Waals surface area contributed by atoms with Gasteiger partial charge in [0.1, 0.15) is 5.75 Å². The maximum Gasteiger partial charge on any atom is 0.309 e. The van der Waals surface area contributed by atoms with Crippen molar-refractivity contribution in [2.45, 2.75) is 25.7 Å². The van der Waals surface area contributed by atoms with Crippen molar-refractivity contribution in [1.82, 2.24) is 0 Å². The van der Waals surface area contributed by atoms with Gasteiger partial charge in [0.2, 0.25) is 0 Å². The molecule has 1 aromatic carbocycles. The third-order valence-electron chi connectivity index (χ3n) is 3.54. The third-order valence-corrected chi connectivity index (χ3v) is 4.03. The van der Waals surface area contributed by atoms with E-state index in [1.807, 2.05) is 18.2 Å². The molecule has 0 unspecified atom stereocenters. The molecule has 3 nitrogen and oxygen atoms in total. The summed E-state index contributed by atoms with van der Waals surface area (Å²) in [4.78, 5) is 11.3. The molecule has 1 aliphatic carbocycles. The van der Waals surface area contributed by atoms with Crippen LogP contribution < -0.4 is 4.74 Å². The number of carboxylic acid groups (broad SMARTS) is 1. The summed E-state index contributed by atoms with van der Waals surface area (Å²) in [5.74, 6) is 0.0755. The van der Waals surface area contributed by atoms with Crippen molar-refractivity contribution in [3.05, 3.63) is 28.2 Å². The number of methoxy groups -OCH3 is 1. The zero-order chi connectivity index (χ0) is 12.5. The van der Waals surface area contributed by atoms with Crippen LogP contribution >= 0.6 is 15.9 Å². The smallest absolute Gasteiger partial charge is 0.309 e. The lowest BCUT2D eigenvalue weighted by Crippen LogP contribution is -2.39. The molecule has 0 radical (unpaired) electrons. The predicted octanol–water partition coefficient (Wildman–Crippen LogP) is 3.26. The van der Waals surface area contributed by atoms with Crippen LogP contribution in [-0.2, 0) is 11.2 Å². The van der Waals surface area contributed by atoms with Gasteiger partial charge in [-0.3, -0.25) is 4.79 Å². The monoisotopic (exact) mass is 298 g/mol. The third kappa shape index (κ3) is 2.32. The van der Waals surface area contributed by atoms with E-state index in [2.05, 4.69) is 15.9 Å². The number of benzene rings is 1. The standard InChI is InChI=1S/C13H15BrO3/c1-17-11-4-3-10(14)7-9(11)8-13(12(15)16)5-2-6-13/h3-4,7H,2,5-6,8H2,1H3,(H,15,16). The molecule has 0 amide bonds. The van der Waals surface area contributed by atoms with Gasteiger partial charge in [-0.15, -0.1) is 0 Å². The lowest BCUT2D eigenvalue weighted by Gasteiger charge is -2.38. The Morgan fingerprint density at radius 2 is 2.24 bits per heavy atom. The first-order valence-electron chi connectivity index (χ1n) is 5.63. The van der Waals surface area contributed by atoms with Gasteiger partial charge < -0.3 is 9.84 Å². The van der Waals surface area contributed by atoms with Gasteiger partial charge in [0.15, 0.2) is 0 Å². The summed E-state index contributed by atoms with van der Waals surface area (Å²) < 4.78 is 6.23. The number of aliphatic carboxylic acids is 1. The van der Waals surface area contributed by atoms with E-state index in [1.54, 1.807) is 7.11 Å². The lowest BCUT2D eigenvalue weighted by molar-refractivity contribution is -0.154. The zero-order valence-electron chi connectivity index (χ0n) is 9.70. The van der Waals surface area contributed by atoms with Gasteiger partial charge in [0, 0.05) is 4.47 Å². The topological polar surface area (TPSA) is 46.5 Å². The van der Waals surface area contributed by atoms with Gasteiger partial charge >= 0.3 is 5.97 Å². The fraction of sp³-hybridized carbons (Fsp3) is 0.462. The van der Waals surface area contributed by atoms with Crippen LogP contribution in [0.1, 0.15) is 24.8 Å². The molecule has 0 aromatic heterocycles. The van der Waals surface area contributed by atoms with E-state index in [0.29, 0.717) is 6.42 Å². The highest BCUT2D eigenvalue weighted by Gasteiger charge is 2.44. The fourth-order valence-electron chi connectivity index (χ4n) is 2.32. The van der Waals surface area contributed by atoms with E-state index in [4.69, 9.17) is 4.74 Å². The number of carboxylic acids is 1. The van der Waals surface area contributed by atoms with Crippen LogP contribution in [0, 0.1) is 5.41 Å². The highest BCUT2D eigenvalue weighted by molar-refractivity contribution is 9.10. The summed E-state index contributed by atoms with van der Waals surface area (Å²) in [5.41, 5.74) is 0.387. The molecule has 2 rings (SSSR count). The Balaban J connectivity index is 2.28. The van der Waals surface area contributed by atoms with Crippen molar-refractivity contribution < 1.29 is 14.6 Å². The number of carbonyl (C=O) groups is 1. The molecule has 1 fully saturated rings. The first-order chi connectivity index (χ1) is 8.07. The minimum Gasteiger partial charge on any atom is -0.496 e. The molecule has 17 heavy (non-hydrogen) atoms. The Morgan fingerprint density at radius 3 is 2.71 bits per heavy atom. The maximum absolute atomic E-state index is 11.3. The zero-order valence-corrected chi connectivity index (χ0v) is 11.3. The van der Waals surface area contributed by atoms with E-state index in [1.165, 1.54) is 0 Å². The quantitative estimate of drug-likeness (QED) is 0.928. The number of hydrogen-bond acceptors (Lipinski definition) is 2. The molecule has 0 bridgehead atoms. The summed E-state index contributed by atoms with van der Waals surface area (Å²) in [5, 5.41) is 9.33. The highest BCUT2D eigenvalue weighted by atomic mass is 79.9. The van der Waals surface area contributed by atoms with Crippen LogP contribution in [0.3, 0.4) is 0 Å². The molecular formula is C13H15BrO3. The number of rotatable bonds is 4. The van der Waals surface area contributed by atoms with Crippen molar-refractivity contribution in [3.8, 4) is 5.75 Å². The first-order valence-corrected chi connectivity index (χ1v) is 6.42. The van der Waals surface area contributed by atoms with Crippen molar-refractivity contribution in [3.63, 3.8) is 0 Å². The Kier molecular flexibility index (Phi) is 3.43.